The fourth-order valence-electron chi connectivity index (χ4n) is 5.04. The molecule has 0 fully saturated rings. The lowest BCUT2D eigenvalue weighted by Gasteiger charge is -2.21. The van der Waals surface area contributed by atoms with Crippen molar-refractivity contribution in [1.29, 1.82) is 0 Å². The molecule has 154 valence electrons. The molecule has 0 saturated heterocycles. The van der Waals surface area contributed by atoms with Gasteiger partial charge >= 0.3 is 0 Å². The molecule has 0 bridgehead atoms. The predicted octanol–water partition coefficient (Wildman–Crippen LogP) is 7.58. The summed E-state index contributed by atoms with van der Waals surface area (Å²) < 4.78 is 2.30. The molecule has 1 atom stereocenters. The highest BCUT2D eigenvalue weighted by molar-refractivity contribution is 6.25. The van der Waals surface area contributed by atoms with Crippen LogP contribution in [0.15, 0.2) is 103 Å². The van der Waals surface area contributed by atoms with Gasteiger partial charge in [-0.1, -0.05) is 85.0 Å². The lowest BCUT2D eigenvalue weighted by Crippen LogP contribution is -2.09. The number of hydrogen-bond donors (Lipinski definition) is 0. The molecule has 1 aliphatic rings. The standard InChI is InChI=1S/C28H20N2O2/c31-30(32)26-17-9-8-16-24(26)27-18-25-22-14-5-4-12-20(22)21-13-6-7-15-23(21)28(25)29(27)19-10-2-1-3-11-19/h1-10,12-19H,11H2. The Bertz CT molecular complexity index is 1590. The van der Waals surface area contributed by atoms with Crippen molar-refractivity contribution in [2.75, 3.05) is 0 Å². The lowest BCUT2D eigenvalue weighted by molar-refractivity contribution is -0.384. The maximum atomic E-state index is 11.9. The van der Waals surface area contributed by atoms with Crippen LogP contribution in [-0.2, 0) is 0 Å². The molecular weight excluding hydrogens is 396 g/mol. The van der Waals surface area contributed by atoms with E-state index in [9.17, 15) is 10.1 Å². The normalized spacial score (nSPS) is 15.7. The average molecular weight is 416 g/mol. The lowest BCUT2D eigenvalue weighted by atomic mass is 9.98. The molecule has 0 aliphatic heterocycles. The van der Waals surface area contributed by atoms with Gasteiger partial charge in [0.05, 0.1) is 27.7 Å². The Morgan fingerprint density at radius 3 is 2.09 bits per heavy atom. The van der Waals surface area contributed by atoms with Crippen LogP contribution in [0.3, 0.4) is 0 Å². The van der Waals surface area contributed by atoms with E-state index < -0.39 is 0 Å². The fourth-order valence-corrected chi connectivity index (χ4v) is 5.04. The summed E-state index contributed by atoms with van der Waals surface area (Å²) in [6, 6.07) is 26.1. The highest BCUT2D eigenvalue weighted by Crippen LogP contribution is 2.43. The molecule has 4 nitrogen and oxygen atoms in total. The van der Waals surface area contributed by atoms with E-state index in [1.807, 2.05) is 12.1 Å². The van der Waals surface area contributed by atoms with Crippen molar-refractivity contribution in [3.63, 3.8) is 0 Å². The van der Waals surface area contributed by atoms with Crippen molar-refractivity contribution in [3.05, 3.63) is 113 Å². The van der Waals surface area contributed by atoms with Crippen molar-refractivity contribution < 1.29 is 4.92 Å². The zero-order valence-corrected chi connectivity index (χ0v) is 17.3. The summed E-state index contributed by atoms with van der Waals surface area (Å²) in [5.74, 6) is 0. The second-order valence-corrected chi connectivity index (χ2v) is 8.14. The summed E-state index contributed by atoms with van der Waals surface area (Å²) in [7, 11) is 0. The van der Waals surface area contributed by atoms with Crippen molar-refractivity contribution in [2.24, 2.45) is 0 Å². The number of aromatic nitrogens is 1. The Hall–Kier alpha value is -4.18. The number of nitro benzene ring substituents is 1. The smallest absolute Gasteiger partial charge is 0.278 e. The van der Waals surface area contributed by atoms with Crippen LogP contribution in [0.25, 0.3) is 43.7 Å². The van der Waals surface area contributed by atoms with Gasteiger partial charge in [-0.15, -0.1) is 0 Å². The minimum Gasteiger partial charge on any atom is -0.332 e. The van der Waals surface area contributed by atoms with Crippen molar-refractivity contribution >= 4 is 38.1 Å². The van der Waals surface area contributed by atoms with Crippen molar-refractivity contribution in [1.82, 2.24) is 4.57 Å². The first-order chi connectivity index (χ1) is 15.7. The number of fused-ring (bicyclic) bond motifs is 6. The monoisotopic (exact) mass is 416 g/mol. The SMILES string of the molecule is O=[N+]([O-])c1ccccc1-c1cc2c3ccccc3c3ccccc3c2n1C1C=CC=CC1. The molecule has 32 heavy (non-hydrogen) atoms. The molecule has 1 heterocycles. The molecule has 0 amide bonds. The fraction of sp³-hybridized carbons (Fsp3) is 0.0714. The van der Waals surface area contributed by atoms with E-state index in [-0.39, 0.29) is 16.7 Å². The summed E-state index contributed by atoms with van der Waals surface area (Å²) in [4.78, 5) is 11.6. The summed E-state index contributed by atoms with van der Waals surface area (Å²) >= 11 is 0. The van der Waals surface area contributed by atoms with Gasteiger partial charge in [-0.25, -0.2) is 0 Å². The highest BCUT2D eigenvalue weighted by atomic mass is 16.6. The molecular formula is C28H20N2O2. The molecule has 0 radical (unpaired) electrons. The zero-order valence-electron chi connectivity index (χ0n) is 17.3. The Labute approximate surface area is 184 Å². The summed E-state index contributed by atoms with van der Waals surface area (Å²) in [5, 5.41) is 17.7. The van der Waals surface area contributed by atoms with Gasteiger partial charge in [0.2, 0.25) is 0 Å². The molecule has 0 saturated carbocycles. The van der Waals surface area contributed by atoms with Crippen LogP contribution in [0.1, 0.15) is 12.5 Å². The van der Waals surface area contributed by atoms with Gasteiger partial charge in [-0.3, -0.25) is 10.1 Å². The molecule has 1 aromatic heterocycles. The second-order valence-electron chi connectivity index (χ2n) is 8.14. The van der Waals surface area contributed by atoms with Gasteiger partial charge in [-0.2, -0.15) is 0 Å². The third-order valence-electron chi connectivity index (χ3n) is 6.39. The number of rotatable bonds is 3. The van der Waals surface area contributed by atoms with Crippen LogP contribution in [0.2, 0.25) is 0 Å². The third-order valence-corrected chi connectivity index (χ3v) is 6.39. The largest absolute Gasteiger partial charge is 0.332 e. The number of hydrogen-bond acceptors (Lipinski definition) is 2. The van der Waals surface area contributed by atoms with Crippen molar-refractivity contribution in [3.8, 4) is 11.3 Å². The molecule has 6 rings (SSSR count). The number of para-hydroxylation sites is 1. The number of benzene rings is 4. The van der Waals surface area contributed by atoms with Crippen LogP contribution in [0, 0.1) is 10.1 Å². The molecule has 1 aliphatic carbocycles. The van der Waals surface area contributed by atoms with E-state index in [0.29, 0.717) is 5.56 Å². The maximum Gasteiger partial charge on any atom is 0.278 e. The predicted molar refractivity (Wildman–Crippen MR) is 131 cm³/mol. The Morgan fingerprint density at radius 1 is 0.781 bits per heavy atom. The van der Waals surface area contributed by atoms with Crippen LogP contribution in [-0.4, -0.2) is 9.49 Å². The van der Waals surface area contributed by atoms with Crippen LogP contribution in [0.5, 0.6) is 0 Å². The van der Waals surface area contributed by atoms with E-state index >= 15 is 0 Å². The van der Waals surface area contributed by atoms with Gasteiger partial charge in [0.1, 0.15) is 0 Å². The molecule has 5 aromatic rings. The minimum absolute atomic E-state index is 0.0804. The van der Waals surface area contributed by atoms with Gasteiger partial charge < -0.3 is 4.57 Å². The molecule has 0 N–H and O–H groups in total. The maximum absolute atomic E-state index is 11.9. The minimum atomic E-state index is -0.288. The highest BCUT2D eigenvalue weighted by Gasteiger charge is 2.25. The average Bonchev–Trinajstić information content (AvgIpc) is 3.26. The summed E-state index contributed by atoms with van der Waals surface area (Å²) in [6.07, 6.45) is 9.30. The van der Waals surface area contributed by atoms with Gasteiger partial charge in [0, 0.05) is 16.8 Å². The molecule has 0 spiro atoms. The van der Waals surface area contributed by atoms with E-state index in [0.717, 1.165) is 33.8 Å². The van der Waals surface area contributed by atoms with E-state index in [4.69, 9.17) is 0 Å². The van der Waals surface area contributed by atoms with Crippen LogP contribution >= 0.6 is 0 Å². The Morgan fingerprint density at radius 2 is 1.41 bits per heavy atom. The number of allylic oxidation sites excluding steroid dienone is 4. The topological polar surface area (TPSA) is 48.1 Å². The quantitative estimate of drug-likeness (QED) is 0.173. The van der Waals surface area contributed by atoms with Crippen molar-refractivity contribution in [2.45, 2.75) is 12.5 Å². The van der Waals surface area contributed by atoms with Gasteiger partial charge in [0.25, 0.3) is 5.69 Å². The number of nitrogens with zero attached hydrogens (tertiary/aromatic N) is 2. The van der Waals surface area contributed by atoms with Crippen LogP contribution < -0.4 is 0 Å². The Balaban J connectivity index is 1.83. The summed E-state index contributed by atoms with van der Waals surface area (Å²) in [5.41, 5.74) is 2.77. The van der Waals surface area contributed by atoms with Gasteiger partial charge in [0.15, 0.2) is 0 Å². The van der Waals surface area contributed by atoms with E-state index in [1.165, 1.54) is 10.8 Å². The number of nitro groups is 1. The summed E-state index contributed by atoms with van der Waals surface area (Å²) in [6.45, 7) is 0. The first kappa shape index (κ1) is 18.6. The Kier molecular flexibility index (Phi) is 4.18. The molecule has 4 heteroatoms. The van der Waals surface area contributed by atoms with Crippen LogP contribution in [0.4, 0.5) is 5.69 Å². The zero-order chi connectivity index (χ0) is 21.7. The third kappa shape index (κ3) is 2.70. The van der Waals surface area contributed by atoms with E-state index in [2.05, 4.69) is 83.5 Å². The first-order valence-electron chi connectivity index (χ1n) is 10.8. The van der Waals surface area contributed by atoms with Gasteiger partial charge in [-0.05, 0) is 34.7 Å². The first-order valence-corrected chi connectivity index (χ1v) is 10.8. The van der Waals surface area contributed by atoms with E-state index in [1.54, 1.807) is 12.1 Å². The molecule has 4 aromatic carbocycles. The second kappa shape index (κ2) is 7.20. The molecule has 1 unspecified atom stereocenters.